The van der Waals surface area contributed by atoms with E-state index in [1.54, 1.807) is 6.07 Å². The van der Waals surface area contributed by atoms with Crippen LogP contribution in [0.1, 0.15) is 12.8 Å². The molecule has 21 heteroatoms. The van der Waals surface area contributed by atoms with Gasteiger partial charge in [-0.05, 0) is 52.6 Å². The molecule has 41 heavy (non-hydrogen) atoms. The number of carboxylic acid groups (broad SMARTS) is 1. The minimum atomic E-state index is -5.08. The van der Waals surface area contributed by atoms with Crippen molar-refractivity contribution in [3.8, 4) is 22.5 Å². The average Bonchev–Trinajstić information content (AvgIpc) is 3.49. The summed E-state index contributed by atoms with van der Waals surface area (Å²) in [5, 5.41) is 25.6. The fourth-order valence-electron chi connectivity index (χ4n) is 3.42. The monoisotopic (exact) mass is 641 g/mol. The number of hydrogen-bond donors (Lipinski definition) is 5. The highest BCUT2D eigenvalue weighted by Crippen LogP contribution is 2.39. The molecule has 0 bridgehead atoms. The molecule has 1 aromatic heterocycles. The van der Waals surface area contributed by atoms with E-state index in [1.165, 1.54) is 24.3 Å². The maximum absolute atomic E-state index is 12.8. The first-order chi connectivity index (χ1) is 18.9. The van der Waals surface area contributed by atoms with Gasteiger partial charge in [0.25, 0.3) is 0 Å². The van der Waals surface area contributed by atoms with E-state index in [-0.39, 0.29) is 40.0 Å². The van der Waals surface area contributed by atoms with Crippen molar-refractivity contribution < 1.29 is 48.3 Å². The van der Waals surface area contributed by atoms with Crippen LogP contribution < -0.4 is 15.6 Å². The molecule has 0 aliphatic heterocycles. The molecule has 3 aromatic rings. The van der Waals surface area contributed by atoms with Gasteiger partial charge in [0, 0.05) is 18.2 Å². The predicted molar refractivity (Wildman–Crippen MR) is 135 cm³/mol. The number of aromatic amines is 1. The lowest BCUT2D eigenvalue weighted by atomic mass is 9.99. The standard InChI is InChI=1S/C18H21N7O6S3.C2HF3O2/c19-8-9-32(26,27)15-7-6-14(16(17(15)33(20,28)29)18-21-24-25-22-18)11-2-1-3-13(10-11)34(30,31)23-12-4-5-12;3-2(4,5)1(6)7/h1-3,6-7,10,12,23H,4-5,8-9,19H2,(H2,20,28,29)(H,21,22,24,25);(H,6,7). The number of nitrogens with two attached hydrogens (primary N) is 2. The number of sulfonamides is 2. The quantitative estimate of drug-likeness (QED) is 0.207. The number of nitrogens with zero attached hydrogens (tertiary/aromatic N) is 3. The van der Waals surface area contributed by atoms with Gasteiger partial charge in [-0.3, -0.25) is 0 Å². The molecule has 1 saturated carbocycles. The third kappa shape index (κ3) is 7.83. The summed E-state index contributed by atoms with van der Waals surface area (Å²) in [4.78, 5) is 7.57. The number of aliphatic carboxylic acids is 1. The van der Waals surface area contributed by atoms with Crippen molar-refractivity contribution in [1.29, 1.82) is 0 Å². The van der Waals surface area contributed by atoms with E-state index < -0.39 is 57.6 Å². The lowest BCUT2D eigenvalue weighted by Crippen LogP contribution is -2.25. The van der Waals surface area contributed by atoms with Gasteiger partial charge < -0.3 is 10.8 Å². The molecule has 0 amide bonds. The topological polar surface area (TPSA) is 258 Å². The molecule has 1 aliphatic carbocycles. The molecule has 1 fully saturated rings. The molecule has 0 unspecified atom stereocenters. The number of benzene rings is 2. The number of sulfone groups is 1. The zero-order valence-electron chi connectivity index (χ0n) is 20.5. The zero-order chi connectivity index (χ0) is 30.8. The fraction of sp³-hybridized carbons (Fsp3) is 0.300. The number of primary sulfonamides is 1. The van der Waals surface area contributed by atoms with Crippen molar-refractivity contribution in [2.24, 2.45) is 10.9 Å². The molecule has 224 valence electrons. The van der Waals surface area contributed by atoms with Crippen molar-refractivity contribution in [2.45, 2.75) is 39.7 Å². The maximum Gasteiger partial charge on any atom is 0.490 e. The van der Waals surface area contributed by atoms with Crippen LogP contribution in [0.3, 0.4) is 0 Å². The molecule has 1 aliphatic rings. The zero-order valence-corrected chi connectivity index (χ0v) is 23.0. The van der Waals surface area contributed by atoms with Crippen molar-refractivity contribution in [3.63, 3.8) is 0 Å². The highest BCUT2D eigenvalue weighted by atomic mass is 32.2. The predicted octanol–water partition coefficient (Wildman–Crippen LogP) is -0.0125. The van der Waals surface area contributed by atoms with Gasteiger partial charge in [-0.25, -0.2) is 45.0 Å². The number of alkyl halides is 3. The van der Waals surface area contributed by atoms with Gasteiger partial charge in [-0.15, -0.1) is 5.10 Å². The van der Waals surface area contributed by atoms with E-state index in [4.69, 9.17) is 20.8 Å². The minimum absolute atomic E-state index is 0.0458. The molecule has 0 saturated heterocycles. The van der Waals surface area contributed by atoms with Gasteiger partial charge >= 0.3 is 12.1 Å². The Kier molecular flexibility index (Phi) is 9.20. The number of H-pyrrole nitrogens is 1. The largest absolute Gasteiger partial charge is 0.490 e. The Morgan fingerprint density at radius 3 is 2.22 bits per heavy atom. The molecule has 4 rings (SSSR count). The van der Waals surface area contributed by atoms with Crippen LogP contribution in [0.5, 0.6) is 0 Å². The van der Waals surface area contributed by atoms with Crippen molar-refractivity contribution in [3.05, 3.63) is 36.4 Å². The van der Waals surface area contributed by atoms with Gasteiger partial charge in [0.15, 0.2) is 15.7 Å². The third-order valence-corrected chi connectivity index (χ3v) is 9.73. The van der Waals surface area contributed by atoms with E-state index in [0.717, 1.165) is 18.9 Å². The lowest BCUT2D eigenvalue weighted by Gasteiger charge is -2.17. The molecule has 0 spiro atoms. The summed E-state index contributed by atoms with van der Waals surface area (Å²) >= 11 is 0. The van der Waals surface area contributed by atoms with E-state index in [9.17, 15) is 38.4 Å². The molecular weight excluding hydrogens is 619 g/mol. The molecule has 0 atom stereocenters. The Hall–Kier alpha value is -3.50. The van der Waals surface area contributed by atoms with Crippen molar-refractivity contribution in [1.82, 2.24) is 25.3 Å². The second-order valence-electron chi connectivity index (χ2n) is 8.44. The van der Waals surface area contributed by atoms with Crippen LogP contribution in [0.25, 0.3) is 22.5 Å². The number of tetrazole rings is 1. The summed E-state index contributed by atoms with van der Waals surface area (Å²) in [5.41, 5.74) is 5.61. The summed E-state index contributed by atoms with van der Waals surface area (Å²) < 4.78 is 111. The second-order valence-corrected chi connectivity index (χ2v) is 13.7. The minimum Gasteiger partial charge on any atom is -0.475 e. The van der Waals surface area contributed by atoms with Crippen molar-refractivity contribution >= 4 is 35.9 Å². The number of nitrogens with one attached hydrogen (secondary N) is 2. The maximum atomic E-state index is 12.8. The van der Waals surface area contributed by atoms with E-state index in [0.29, 0.717) is 0 Å². The Bertz CT molecular complexity index is 1760. The third-order valence-electron chi connectivity index (χ3n) is 5.31. The first kappa shape index (κ1) is 32.0. The Balaban J connectivity index is 0.000000587. The first-order valence-corrected chi connectivity index (χ1v) is 15.9. The van der Waals surface area contributed by atoms with Crippen LogP contribution in [0.15, 0.2) is 51.1 Å². The van der Waals surface area contributed by atoms with Gasteiger partial charge in [0.2, 0.25) is 20.0 Å². The smallest absolute Gasteiger partial charge is 0.475 e. The Morgan fingerprint density at radius 2 is 1.73 bits per heavy atom. The van der Waals surface area contributed by atoms with E-state index >= 15 is 0 Å². The van der Waals surface area contributed by atoms with Crippen LogP contribution in [0, 0.1) is 0 Å². The lowest BCUT2D eigenvalue weighted by molar-refractivity contribution is -0.192. The molecular formula is C20H22F3N7O8S3. The normalized spacial score (nSPS) is 14.3. The molecule has 1 heterocycles. The van der Waals surface area contributed by atoms with Crippen LogP contribution in [0.2, 0.25) is 0 Å². The fourth-order valence-corrected chi connectivity index (χ4v) is 7.53. The van der Waals surface area contributed by atoms with Gasteiger partial charge in [0.1, 0.15) is 4.90 Å². The average molecular weight is 642 g/mol. The second kappa shape index (κ2) is 11.8. The van der Waals surface area contributed by atoms with Crippen LogP contribution in [-0.4, -0.2) is 81.5 Å². The number of hydrogen-bond acceptors (Lipinski definition) is 11. The number of aromatic nitrogens is 4. The SMILES string of the molecule is NCCS(=O)(=O)c1ccc(-c2cccc(S(=O)(=O)NC3CC3)c2)c(-c2nnn[nH]2)c1S(N)(=O)=O.O=C(O)C(F)(F)F. The number of carboxylic acids is 1. The van der Waals surface area contributed by atoms with Gasteiger partial charge in [0.05, 0.1) is 15.5 Å². The summed E-state index contributed by atoms with van der Waals surface area (Å²) in [6.07, 6.45) is -3.59. The number of halogens is 3. The number of rotatable bonds is 9. The molecule has 7 N–H and O–H groups in total. The van der Waals surface area contributed by atoms with Crippen molar-refractivity contribution in [2.75, 3.05) is 12.3 Å². The van der Waals surface area contributed by atoms with Gasteiger partial charge in [-0.1, -0.05) is 18.2 Å². The molecule has 0 radical (unpaired) electrons. The highest BCUT2D eigenvalue weighted by Gasteiger charge is 2.38. The van der Waals surface area contributed by atoms with E-state index in [2.05, 4.69) is 25.3 Å². The molecule has 15 nitrogen and oxygen atoms in total. The summed E-state index contributed by atoms with van der Waals surface area (Å²) in [6, 6.07) is 8.08. The van der Waals surface area contributed by atoms with Crippen LogP contribution in [-0.2, 0) is 34.7 Å². The Morgan fingerprint density at radius 1 is 1.10 bits per heavy atom. The Labute approximate surface area is 231 Å². The highest BCUT2D eigenvalue weighted by molar-refractivity contribution is 7.93. The summed E-state index contributed by atoms with van der Waals surface area (Å²) in [7, 11) is -12.6. The molecule has 2 aromatic carbocycles. The van der Waals surface area contributed by atoms with Crippen LogP contribution >= 0.6 is 0 Å². The first-order valence-electron chi connectivity index (χ1n) is 11.2. The summed E-state index contributed by atoms with van der Waals surface area (Å²) in [5.74, 6) is -3.45. The van der Waals surface area contributed by atoms with Crippen LogP contribution in [0.4, 0.5) is 13.2 Å². The summed E-state index contributed by atoms with van der Waals surface area (Å²) in [6.45, 7) is -0.249. The number of carbonyl (C=O) groups is 1. The van der Waals surface area contributed by atoms with E-state index in [1.807, 2.05) is 0 Å². The van der Waals surface area contributed by atoms with Gasteiger partial charge in [-0.2, -0.15) is 13.2 Å².